The molecule has 2 fully saturated rings. The Bertz CT molecular complexity index is 1150. The first kappa shape index (κ1) is 21.6. The van der Waals surface area contributed by atoms with Gasteiger partial charge in [-0.15, -0.1) is 0 Å². The number of hydrogen-bond acceptors (Lipinski definition) is 2. The summed E-state index contributed by atoms with van der Waals surface area (Å²) in [6.07, 6.45) is 5.33. The van der Waals surface area contributed by atoms with Crippen molar-refractivity contribution in [2.75, 3.05) is 0 Å². The number of nitrogens with zero attached hydrogens (tertiary/aromatic N) is 1. The maximum Gasteiger partial charge on any atom is 0.252 e. The fourth-order valence-corrected chi connectivity index (χ4v) is 6.23. The van der Waals surface area contributed by atoms with Crippen LogP contribution in [0.5, 0.6) is 0 Å². The predicted molar refractivity (Wildman–Crippen MR) is 135 cm³/mol. The Morgan fingerprint density at radius 3 is 2.47 bits per heavy atom. The van der Waals surface area contributed by atoms with E-state index in [0.717, 1.165) is 38.5 Å². The smallest absolute Gasteiger partial charge is 0.252 e. The van der Waals surface area contributed by atoms with Crippen LogP contribution in [-0.4, -0.2) is 16.9 Å². The van der Waals surface area contributed by atoms with Gasteiger partial charge in [-0.05, 0) is 79.7 Å². The van der Waals surface area contributed by atoms with Gasteiger partial charge in [-0.3, -0.25) is 4.79 Å². The van der Waals surface area contributed by atoms with E-state index in [9.17, 15) is 4.79 Å². The lowest BCUT2D eigenvalue weighted by molar-refractivity contribution is 0.0917. The highest BCUT2D eigenvalue weighted by atomic mass is 79.9. The normalized spacial score (nSPS) is 23.1. The van der Waals surface area contributed by atoms with Crippen molar-refractivity contribution >= 4 is 32.7 Å². The van der Waals surface area contributed by atoms with Crippen LogP contribution >= 0.6 is 15.9 Å². The Hall–Kier alpha value is -2.20. The van der Waals surface area contributed by atoms with Crippen LogP contribution in [0.3, 0.4) is 0 Å². The zero-order chi connectivity index (χ0) is 22.4. The van der Waals surface area contributed by atoms with Crippen molar-refractivity contribution in [1.82, 2.24) is 10.3 Å². The standard InChI is InChI=1S/C28H31BrN2O/c1-16(2)19-6-8-20(9-7-19)27-15-25(24-14-22(29)10-11-26(24)31-27)28(32)30-17(3)23-13-18-4-5-21(23)12-18/h6-11,14-18,21,23H,4-5,12-13H2,1-3H3,(H,30,32)/t17-,18+,21+,23-/m1/s1. The first-order valence-corrected chi connectivity index (χ1v) is 12.7. The van der Waals surface area contributed by atoms with Crippen LogP contribution in [0.4, 0.5) is 0 Å². The van der Waals surface area contributed by atoms with E-state index in [2.05, 4.69) is 66.3 Å². The molecular formula is C28H31BrN2O. The third-order valence-corrected chi connectivity index (χ3v) is 8.18. The summed E-state index contributed by atoms with van der Waals surface area (Å²) in [5.74, 6) is 2.77. The highest BCUT2D eigenvalue weighted by molar-refractivity contribution is 9.10. The minimum absolute atomic E-state index is 0.00539. The molecule has 0 saturated heterocycles. The average molecular weight is 491 g/mol. The maximum absolute atomic E-state index is 13.5. The summed E-state index contributed by atoms with van der Waals surface area (Å²) >= 11 is 3.57. The second kappa shape index (κ2) is 8.62. The number of amides is 1. The van der Waals surface area contributed by atoms with E-state index in [1.54, 1.807) is 0 Å². The number of pyridine rings is 1. The Labute approximate surface area is 199 Å². The molecule has 1 heterocycles. The van der Waals surface area contributed by atoms with Crippen molar-refractivity contribution in [3.05, 3.63) is 64.1 Å². The zero-order valence-corrected chi connectivity index (χ0v) is 20.7. The average Bonchev–Trinajstić information content (AvgIpc) is 3.42. The van der Waals surface area contributed by atoms with Gasteiger partial charge in [0, 0.05) is 21.5 Å². The molecule has 2 aromatic carbocycles. The summed E-state index contributed by atoms with van der Waals surface area (Å²) < 4.78 is 0.955. The molecule has 0 aliphatic heterocycles. The number of hydrogen-bond donors (Lipinski definition) is 1. The van der Waals surface area contributed by atoms with Gasteiger partial charge in [0.25, 0.3) is 5.91 Å². The van der Waals surface area contributed by atoms with E-state index in [0.29, 0.717) is 17.4 Å². The highest BCUT2D eigenvalue weighted by Gasteiger charge is 2.42. The molecule has 1 aromatic heterocycles. The molecule has 3 nitrogen and oxygen atoms in total. The second-order valence-corrected chi connectivity index (χ2v) is 11.0. The number of rotatable bonds is 5. The fourth-order valence-electron chi connectivity index (χ4n) is 5.87. The van der Waals surface area contributed by atoms with Crippen LogP contribution in [0, 0.1) is 17.8 Å². The van der Waals surface area contributed by atoms with Gasteiger partial charge in [0.2, 0.25) is 0 Å². The van der Waals surface area contributed by atoms with E-state index in [-0.39, 0.29) is 11.9 Å². The van der Waals surface area contributed by atoms with Crippen LogP contribution in [0.15, 0.2) is 53.0 Å². The molecule has 2 saturated carbocycles. The van der Waals surface area contributed by atoms with Gasteiger partial charge >= 0.3 is 0 Å². The molecule has 0 unspecified atom stereocenters. The molecule has 3 aromatic rings. The van der Waals surface area contributed by atoms with Crippen molar-refractivity contribution in [2.24, 2.45) is 17.8 Å². The van der Waals surface area contributed by atoms with Crippen LogP contribution in [0.1, 0.15) is 68.3 Å². The van der Waals surface area contributed by atoms with E-state index in [4.69, 9.17) is 4.98 Å². The number of carbonyl (C=O) groups is 1. The number of halogens is 1. The molecule has 5 rings (SSSR count). The lowest BCUT2D eigenvalue weighted by Gasteiger charge is -2.28. The molecule has 2 aliphatic carbocycles. The third-order valence-electron chi connectivity index (χ3n) is 7.68. The number of nitrogens with one attached hydrogen (secondary N) is 1. The molecule has 0 radical (unpaired) electrons. The van der Waals surface area contributed by atoms with Crippen LogP contribution in [-0.2, 0) is 0 Å². The van der Waals surface area contributed by atoms with Crippen LogP contribution in [0.25, 0.3) is 22.2 Å². The molecule has 166 valence electrons. The Kier molecular flexibility index (Phi) is 5.83. The molecule has 2 aliphatic rings. The quantitative estimate of drug-likeness (QED) is 0.406. The molecular weight excluding hydrogens is 460 g/mol. The number of aromatic nitrogens is 1. The fraction of sp³-hybridized carbons (Fsp3) is 0.429. The van der Waals surface area contributed by atoms with Crippen molar-refractivity contribution < 1.29 is 4.79 Å². The highest BCUT2D eigenvalue weighted by Crippen LogP contribution is 2.49. The van der Waals surface area contributed by atoms with Crippen molar-refractivity contribution in [1.29, 1.82) is 0 Å². The topological polar surface area (TPSA) is 42.0 Å². The van der Waals surface area contributed by atoms with E-state index < -0.39 is 0 Å². The van der Waals surface area contributed by atoms with Gasteiger partial charge < -0.3 is 5.32 Å². The second-order valence-electron chi connectivity index (χ2n) is 10.1. The zero-order valence-electron chi connectivity index (χ0n) is 19.1. The van der Waals surface area contributed by atoms with Gasteiger partial charge in [0.15, 0.2) is 0 Å². The summed E-state index contributed by atoms with van der Waals surface area (Å²) in [5, 5.41) is 4.24. The van der Waals surface area contributed by atoms with Gasteiger partial charge in [0.05, 0.1) is 16.8 Å². The molecule has 1 N–H and O–H groups in total. The summed E-state index contributed by atoms with van der Waals surface area (Å²) in [5.41, 5.74) is 4.73. The lowest BCUT2D eigenvalue weighted by Crippen LogP contribution is -2.40. The number of benzene rings is 2. The molecule has 2 bridgehead atoms. The van der Waals surface area contributed by atoms with Gasteiger partial charge in [0.1, 0.15) is 0 Å². The minimum atomic E-state index is 0.00539. The van der Waals surface area contributed by atoms with Gasteiger partial charge in [-0.25, -0.2) is 4.98 Å². The van der Waals surface area contributed by atoms with E-state index >= 15 is 0 Å². The SMILES string of the molecule is CC(C)c1ccc(-c2cc(C(=O)N[C@H](C)[C@H]3C[C@H]4CC[C@H]3C4)c3cc(Br)ccc3n2)cc1. The van der Waals surface area contributed by atoms with Crippen LogP contribution in [0.2, 0.25) is 0 Å². The van der Waals surface area contributed by atoms with Gasteiger partial charge in [-0.2, -0.15) is 0 Å². The molecule has 4 heteroatoms. The minimum Gasteiger partial charge on any atom is -0.349 e. The summed E-state index contributed by atoms with van der Waals surface area (Å²) in [7, 11) is 0. The Morgan fingerprint density at radius 2 is 1.81 bits per heavy atom. The predicted octanol–water partition coefficient (Wildman–Crippen LogP) is 7.34. The molecule has 1 amide bonds. The van der Waals surface area contributed by atoms with Crippen molar-refractivity contribution in [3.8, 4) is 11.3 Å². The Morgan fingerprint density at radius 1 is 1.03 bits per heavy atom. The summed E-state index contributed by atoms with van der Waals surface area (Å²) in [4.78, 5) is 18.4. The maximum atomic E-state index is 13.5. The van der Waals surface area contributed by atoms with E-state index in [1.165, 1.54) is 31.2 Å². The van der Waals surface area contributed by atoms with Gasteiger partial charge in [-0.1, -0.05) is 60.5 Å². The van der Waals surface area contributed by atoms with E-state index in [1.807, 2.05) is 24.3 Å². The summed E-state index contributed by atoms with van der Waals surface area (Å²) in [6.45, 7) is 6.58. The van der Waals surface area contributed by atoms with Crippen molar-refractivity contribution in [2.45, 2.75) is 58.4 Å². The Balaban J connectivity index is 1.49. The first-order chi connectivity index (χ1) is 15.4. The van der Waals surface area contributed by atoms with Crippen LogP contribution < -0.4 is 5.32 Å². The third kappa shape index (κ3) is 4.10. The summed E-state index contributed by atoms with van der Waals surface area (Å²) in [6, 6.07) is 16.7. The first-order valence-electron chi connectivity index (χ1n) is 11.9. The number of carbonyl (C=O) groups excluding carboxylic acids is 1. The molecule has 4 atom stereocenters. The molecule has 32 heavy (non-hydrogen) atoms. The lowest BCUT2D eigenvalue weighted by atomic mass is 9.84. The molecule has 0 spiro atoms. The number of fused-ring (bicyclic) bond motifs is 3. The van der Waals surface area contributed by atoms with Crippen molar-refractivity contribution in [3.63, 3.8) is 0 Å². The monoisotopic (exact) mass is 490 g/mol. The largest absolute Gasteiger partial charge is 0.349 e.